The summed E-state index contributed by atoms with van der Waals surface area (Å²) in [5, 5.41) is 0. The highest BCUT2D eigenvalue weighted by Crippen LogP contribution is 2.32. The van der Waals surface area contributed by atoms with Crippen LogP contribution >= 0.6 is 15.9 Å². The Morgan fingerprint density at radius 1 is 1.08 bits per heavy atom. The van der Waals surface area contributed by atoms with Crippen LogP contribution in [0, 0.1) is 0 Å². The zero-order chi connectivity index (χ0) is 25.8. The molecule has 0 aliphatic heterocycles. The largest absolute Gasteiger partial charge is 0.456 e. The van der Waals surface area contributed by atoms with Crippen LogP contribution in [0.25, 0.3) is 11.0 Å². The first kappa shape index (κ1) is 25.3. The van der Waals surface area contributed by atoms with Gasteiger partial charge in [-0.2, -0.15) is 0 Å². The molecular formula is C30H33BrN4O2. The van der Waals surface area contributed by atoms with Gasteiger partial charge in [-0.25, -0.2) is 4.98 Å². The fraction of sp³-hybridized carbons (Fsp3) is 0.333. The van der Waals surface area contributed by atoms with Crippen LogP contribution < -0.4 is 10.5 Å². The lowest BCUT2D eigenvalue weighted by molar-refractivity contribution is 0.0634. The van der Waals surface area contributed by atoms with Gasteiger partial charge in [0.2, 0.25) is 5.95 Å². The van der Waals surface area contributed by atoms with E-state index in [4.69, 9.17) is 10.5 Å². The summed E-state index contributed by atoms with van der Waals surface area (Å²) < 4.78 is 8.96. The van der Waals surface area contributed by atoms with E-state index in [1.165, 1.54) is 19.3 Å². The third-order valence-electron chi connectivity index (χ3n) is 7.07. The smallest absolute Gasteiger partial charge is 0.254 e. The second kappa shape index (κ2) is 11.4. The fourth-order valence-corrected chi connectivity index (χ4v) is 5.61. The molecule has 1 amide bonds. The van der Waals surface area contributed by atoms with Gasteiger partial charge in [0.25, 0.3) is 5.91 Å². The van der Waals surface area contributed by atoms with Gasteiger partial charge in [-0.3, -0.25) is 4.79 Å². The van der Waals surface area contributed by atoms with Crippen molar-refractivity contribution >= 4 is 38.8 Å². The maximum atomic E-state index is 13.6. The molecule has 37 heavy (non-hydrogen) atoms. The van der Waals surface area contributed by atoms with Gasteiger partial charge in [0, 0.05) is 24.2 Å². The van der Waals surface area contributed by atoms with Gasteiger partial charge in [0.05, 0.1) is 22.1 Å². The van der Waals surface area contributed by atoms with E-state index >= 15 is 0 Å². The number of nitrogens with zero attached hydrogens (tertiary/aromatic N) is 3. The van der Waals surface area contributed by atoms with Crippen LogP contribution in [0.4, 0.5) is 5.95 Å². The van der Waals surface area contributed by atoms with Crippen molar-refractivity contribution in [2.45, 2.75) is 58.0 Å². The average Bonchev–Trinajstić information content (AvgIpc) is 3.23. The third kappa shape index (κ3) is 5.67. The van der Waals surface area contributed by atoms with E-state index in [1.54, 1.807) is 0 Å². The predicted octanol–water partition coefficient (Wildman–Crippen LogP) is 7.41. The van der Waals surface area contributed by atoms with Crippen molar-refractivity contribution in [1.29, 1.82) is 0 Å². The summed E-state index contributed by atoms with van der Waals surface area (Å²) in [6.07, 6.45) is 6.86. The molecule has 0 unspecified atom stereocenters. The molecule has 0 saturated heterocycles. The van der Waals surface area contributed by atoms with Gasteiger partial charge in [-0.15, -0.1) is 0 Å². The molecule has 1 aliphatic rings. The summed E-state index contributed by atoms with van der Waals surface area (Å²) in [4.78, 5) is 20.2. The molecule has 0 spiro atoms. The van der Waals surface area contributed by atoms with Crippen LogP contribution in [0.3, 0.4) is 0 Å². The van der Waals surface area contributed by atoms with E-state index in [0.717, 1.165) is 58.2 Å². The average molecular weight is 562 g/mol. The molecule has 7 heteroatoms. The zero-order valence-corrected chi connectivity index (χ0v) is 22.8. The summed E-state index contributed by atoms with van der Waals surface area (Å²) in [6.45, 7) is 3.45. The Balaban J connectivity index is 1.40. The van der Waals surface area contributed by atoms with Gasteiger partial charge in [-0.05, 0) is 77.2 Å². The van der Waals surface area contributed by atoms with E-state index in [9.17, 15) is 4.79 Å². The number of aromatic nitrogens is 2. The molecule has 0 bridgehead atoms. The molecule has 2 N–H and O–H groups in total. The first-order chi connectivity index (χ1) is 18.0. The Hall–Kier alpha value is -3.32. The van der Waals surface area contributed by atoms with E-state index in [0.29, 0.717) is 24.3 Å². The number of hydrogen-bond donors (Lipinski definition) is 1. The molecule has 0 atom stereocenters. The number of nitrogen functional groups attached to an aromatic ring is 1. The molecule has 192 valence electrons. The number of fused-ring (bicyclic) bond motifs is 1. The number of amides is 1. The number of imidazole rings is 1. The van der Waals surface area contributed by atoms with Crippen molar-refractivity contribution < 1.29 is 9.53 Å². The van der Waals surface area contributed by atoms with E-state index in [2.05, 4.69) is 32.7 Å². The lowest BCUT2D eigenvalue weighted by atomic mass is 9.93. The van der Waals surface area contributed by atoms with Crippen LogP contribution in [0.2, 0.25) is 0 Å². The van der Waals surface area contributed by atoms with Crippen LogP contribution in [0.5, 0.6) is 11.5 Å². The molecule has 6 nitrogen and oxygen atoms in total. The minimum Gasteiger partial charge on any atom is -0.456 e. The SMILES string of the molecule is CCCN(C(=O)c1cccc(Cn2c(N)nc3ccc(Oc4ccccc4Br)cc32)c1)C1CCCCC1. The molecule has 0 radical (unpaired) electrons. The van der Waals surface area contributed by atoms with E-state index in [1.807, 2.05) is 71.3 Å². The first-order valence-corrected chi connectivity index (χ1v) is 13.9. The number of ether oxygens (including phenoxy) is 1. The Morgan fingerprint density at radius 2 is 1.89 bits per heavy atom. The standard InChI is InChI=1S/C30H33BrN4O2/c1-2-17-34(23-11-4-3-5-12-23)29(36)22-10-8-9-21(18-22)20-35-27-19-24(15-16-26(27)33-30(35)32)37-28-14-7-6-13-25(28)31/h6-10,13-16,18-19,23H,2-5,11-12,17,20H2,1H3,(H2,32,33). The number of para-hydroxylation sites is 1. The highest BCUT2D eigenvalue weighted by molar-refractivity contribution is 9.10. The Morgan fingerprint density at radius 3 is 2.68 bits per heavy atom. The third-order valence-corrected chi connectivity index (χ3v) is 7.72. The normalized spacial score (nSPS) is 14.1. The first-order valence-electron chi connectivity index (χ1n) is 13.1. The molecule has 1 aliphatic carbocycles. The van der Waals surface area contributed by atoms with Crippen molar-refractivity contribution in [3.8, 4) is 11.5 Å². The van der Waals surface area contributed by atoms with Gasteiger partial charge in [0.1, 0.15) is 11.5 Å². The second-order valence-electron chi connectivity index (χ2n) is 9.73. The zero-order valence-electron chi connectivity index (χ0n) is 21.2. The van der Waals surface area contributed by atoms with Gasteiger partial charge in [0.15, 0.2) is 0 Å². The molecule has 1 fully saturated rings. The van der Waals surface area contributed by atoms with Gasteiger partial charge in [-0.1, -0.05) is 50.5 Å². The summed E-state index contributed by atoms with van der Waals surface area (Å²) in [5.74, 6) is 2.00. The summed E-state index contributed by atoms with van der Waals surface area (Å²) in [5.41, 5.74) is 9.77. The lowest BCUT2D eigenvalue weighted by Gasteiger charge is -2.34. The van der Waals surface area contributed by atoms with Crippen LogP contribution in [-0.4, -0.2) is 32.9 Å². The summed E-state index contributed by atoms with van der Waals surface area (Å²) >= 11 is 3.54. The fourth-order valence-electron chi connectivity index (χ4n) is 5.24. The van der Waals surface area contributed by atoms with Crippen LogP contribution in [0.1, 0.15) is 61.4 Å². The van der Waals surface area contributed by atoms with Crippen molar-refractivity contribution in [2.75, 3.05) is 12.3 Å². The molecule has 5 rings (SSSR count). The minimum absolute atomic E-state index is 0.128. The number of benzene rings is 3. The highest BCUT2D eigenvalue weighted by atomic mass is 79.9. The number of carbonyl (C=O) groups is 1. The van der Waals surface area contributed by atoms with Gasteiger partial charge >= 0.3 is 0 Å². The molecule has 3 aromatic carbocycles. The number of halogens is 1. The Kier molecular flexibility index (Phi) is 7.79. The van der Waals surface area contributed by atoms with Crippen LogP contribution in [-0.2, 0) is 6.54 Å². The molecule has 1 aromatic heterocycles. The topological polar surface area (TPSA) is 73.4 Å². The monoisotopic (exact) mass is 560 g/mol. The summed E-state index contributed by atoms with van der Waals surface area (Å²) in [7, 11) is 0. The van der Waals surface area contributed by atoms with E-state index < -0.39 is 0 Å². The maximum Gasteiger partial charge on any atom is 0.254 e. The van der Waals surface area contributed by atoms with Crippen molar-refractivity contribution in [1.82, 2.24) is 14.5 Å². The number of hydrogen-bond acceptors (Lipinski definition) is 4. The lowest BCUT2D eigenvalue weighted by Crippen LogP contribution is -2.42. The summed E-state index contributed by atoms with van der Waals surface area (Å²) in [6, 6.07) is 21.8. The van der Waals surface area contributed by atoms with Crippen LogP contribution in [0.15, 0.2) is 71.2 Å². The predicted molar refractivity (Wildman–Crippen MR) is 152 cm³/mol. The second-order valence-corrected chi connectivity index (χ2v) is 10.6. The van der Waals surface area contributed by atoms with E-state index in [-0.39, 0.29) is 5.91 Å². The maximum absolute atomic E-state index is 13.6. The Bertz CT molecular complexity index is 1390. The number of rotatable bonds is 8. The molecule has 1 heterocycles. The minimum atomic E-state index is 0.128. The molecule has 4 aromatic rings. The van der Waals surface area contributed by atoms with Crippen molar-refractivity contribution in [2.24, 2.45) is 0 Å². The quantitative estimate of drug-likeness (QED) is 0.243. The van der Waals surface area contributed by atoms with Gasteiger partial charge < -0.3 is 19.9 Å². The highest BCUT2D eigenvalue weighted by Gasteiger charge is 2.25. The number of nitrogens with two attached hydrogens (primary N) is 1. The number of carbonyl (C=O) groups excluding carboxylic acids is 1. The van der Waals surface area contributed by atoms with Crippen molar-refractivity contribution in [3.05, 3.63) is 82.3 Å². The molecule has 1 saturated carbocycles. The molecular weight excluding hydrogens is 528 g/mol. The Labute approximate surface area is 226 Å². The van der Waals surface area contributed by atoms with Crippen molar-refractivity contribution in [3.63, 3.8) is 0 Å². The number of anilines is 1.